The van der Waals surface area contributed by atoms with Gasteiger partial charge in [-0.2, -0.15) is 0 Å². The van der Waals surface area contributed by atoms with E-state index in [0.717, 1.165) is 18.9 Å². The molecule has 0 aliphatic carbocycles. The van der Waals surface area contributed by atoms with Crippen LogP contribution in [0.5, 0.6) is 0 Å². The number of rotatable bonds is 2. The number of hydrogen-bond acceptors (Lipinski definition) is 2. The summed E-state index contributed by atoms with van der Waals surface area (Å²) in [6.07, 6.45) is 3.74. The van der Waals surface area contributed by atoms with E-state index in [1.807, 2.05) is 0 Å². The van der Waals surface area contributed by atoms with Crippen molar-refractivity contribution in [2.24, 2.45) is 0 Å². The third-order valence-electron chi connectivity index (χ3n) is 4.12. The highest BCUT2D eigenvalue weighted by Gasteiger charge is 2.42. The number of hydrogen-bond donors (Lipinski definition) is 2. The first-order chi connectivity index (χ1) is 8.54. The molecule has 2 saturated heterocycles. The zero-order valence-corrected chi connectivity index (χ0v) is 10.1. The molecule has 2 nitrogen and oxygen atoms in total. The van der Waals surface area contributed by atoms with E-state index in [1.165, 1.54) is 12.1 Å². The van der Waals surface area contributed by atoms with Crippen molar-refractivity contribution < 1.29 is 13.9 Å². The van der Waals surface area contributed by atoms with Gasteiger partial charge in [-0.3, -0.25) is 0 Å². The average molecular weight is 253 g/mol. The summed E-state index contributed by atoms with van der Waals surface area (Å²) in [5.74, 6) is -1.14. The summed E-state index contributed by atoms with van der Waals surface area (Å²) in [6.45, 7) is 0. The zero-order valence-electron chi connectivity index (χ0n) is 10.1. The Hall–Kier alpha value is -1.00. The van der Waals surface area contributed by atoms with E-state index in [1.54, 1.807) is 0 Å². The van der Waals surface area contributed by atoms with Crippen molar-refractivity contribution in [3.8, 4) is 0 Å². The number of piperidine rings is 1. The summed E-state index contributed by atoms with van der Waals surface area (Å²) in [4.78, 5) is 0. The Labute approximate surface area is 105 Å². The van der Waals surface area contributed by atoms with Crippen molar-refractivity contribution in [3.63, 3.8) is 0 Å². The van der Waals surface area contributed by atoms with Gasteiger partial charge in [-0.05, 0) is 37.3 Å². The van der Waals surface area contributed by atoms with Crippen molar-refractivity contribution in [3.05, 3.63) is 35.4 Å². The van der Waals surface area contributed by atoms with Gasteiger partial charge < -0.3 is 10.4 Å². The predicted molar refractivity (Wildman–Crippen MR) is 64.2 cm³/mol. The lowest BCUT2D eigenvalue weighted by atomic mass is 9.82. The number of aliphatic hydroxyl groups is 1. The molecule has 2 atom stereocenters. The zero-order chi connectivity index (χ0) is 12.8. The second-order valence-electron chi connectivity index (χ2n) is 5.68. The molecule has 3 rings (SSSR count). The van der Waals surface area contributed by atoms with E-state index in [0.29, 0.717) is 30.5 Å². The Morgan fingerprint density at radius 2 is 1.89 bits per heavy atom. The van der Waals surface area contributed by atoms with Crippen LogP contribution in [-0.2, 0) is 6.42 Å². The Kier molecular flexibility index (Phi) is 2.87. The van der Waals surface area contributed by atoms with Crippen molar-refractivity contribution in [1.29, 1.82) is 0 Å². The number of halogens is 2. The molecule has 0 radical (unpaired) electrons. The molecule has 0 saturated carbocycles. The Morgan fingerprint density at radius 3 is 2.50 bits per heavy atom. The van der Waals surface area contributed by atoms with Gasteiger partial charge in [-0.25, -0.2) is 8.78 Å². The van der Waals surface area contributed by atoms with Crippen molar-refractivity contribution in [2.75, 3.05) is 0 Å². The third kappa shape index (κ3) is 2.27. The van der Waals surface area contributed by atoms with Crippen molar-refractivity contribution in [1.82, 2.24) is 5.32 Å². The quantitative estimate of drug-likeness (QED) is 0.846. The van der Waals surface area contributed by atoms with Crippen LogP contribution in [0.25, 0.3) is 0 Å². The Morgan fingerprint density at radius 1 is 1.22 bits per heavy atom. The van der Waals surface area contributed by atoms with Crippen LogP contribution in [0.15, 0.2) is 18.2 Å². The van der Waals surface area contributed by atoms with Gasteiger partial charge in [0.1, 0.15) is 11.6 Å². The number of nitrogens with one attached hydrogen (secondary N) is 1. The Bertz CT molecular complexity index is 451. The van der Waals surface area contributed by atoms with Crippen LogP contribution in [0.4, 0.5) is 8.78 Å². The largest absolute Gasteiger partial charge is 0.389 e. The maximum Gasteiger partial charge on any atom is 0.129 e. The van der Waals surface area contributed by atoms with E-state index in [2.05, 4.69) is 5.32 Å². The molecule has 2 fully saturated rings. The second kappa shape index (κ2) is 4.28. The van der Waals surface area contributed by atoms with Crippen LogP contribution in [0.2, 0.25) is 0 Å². The van der Waals surface area contributed by atoms with Gasteiger partial charge in [0.25, 0.3) is 0 Å². The first kappa shape index (κ1) is 12.1. The minimum atomic E-state index is -0.851. The maximum atomic E-state index is 13.6. The lowest BCUT2D eigenvalue weighted by Crippen LogP contribution is -2.49. The fourth-order valence-electron chi connectivity index (χ4n) is 3.39. The summed E-state index contributed by atoms with van der Waals surface area (Å²) in [5.41, 5.74) is -0.448. The van der Waals surface area contributed by atoms with E-state index in [4.69, 9.17) is 0 Å². The summed E-state index contributed by atoms with van der Waals surface area (Å²) in [7, 11) is 0. The summed E-state index contributed by atoms with van der Waals surface area (Å²) >= 11 is 0. The molecule has 0 amide bonds. The van der Waals surface area contributed by atoms with Crippen LogP contribution in [0, 0.1) is 11.6 Å². The molecule has 0 aromatic heterocycles. The molecule has 1 aromatic rings. The Balaban J connectivity index is 1.79. The van der Waals surface area contributed by atoms with Crippen molar-refractivity contribution >= 4 is 0 Å². The van der Waals surface area contributed by atoms with Gasteiger partial charge in [-0.15, -0.1) is 0 Å². The van der Waals surface area contributed by atoms with Crippen LogP contribution in [0.1, 0.15) is 31.2 Å². The van der Waals surface area contributed by atoms with Gasteiger partial charge in [0.05, 0.1) is 5.60 Å². The van der Waals surface area contributed by atoms with Gasteiger partial charge in [0.2, 0.25) is 0 Å². The van der Waals surface area contributed by atoms with Gasteiger partial charge in [0.15, 0.2) is 0 Å². The van der Waals surface area contributed by atoms with Gasteiger partial charge >= 0.3 is 0 Å². The third-order valence-corrected chi connectivity index (χ3v) is 4.12. The monoisotopic (exact) mass is 253 g/mol. The van der Waals surface area contributed by atoms with Crippen LogP contribution >= 0.6 is 0 Å². The molecular formula is C14H17F2NO. The average Bonchev–Trinajstić information content (AvgIpc) is 2.63. The fraction of sp³-hybridized carbons (Fsp3) is 0.571. The smallest absolute Gasteiger partial charge is 0.129 e. The van der Waals surface area contributed by atoms with E-state index < -0.39 is 17.2 Å². The minimum Gasteiger partial charge on any atom is -0.389 e. The van der Waals surface area contributed by atoms with Gasteiger partial charge in [-0.1, -0.05) is 6.07 Å². The standard InChI is InChI=1S/C14H17F2NO/c15-10-2-1-9(13(16)5-10)6-14(18)7-11-3-4-12(8-14)17-11/h1-2,5,11-12,17-18H,3-4,6-8H2. The first-order valence-electron chi connectivity index (χ1n) is 6.46. The SMILES string of the molecule is OC1(Cc2ccc(F)cc2F)CC2CCC(C1)N2. The summed E-state index contributed by atoms with van der Waals surface area (Å²) < 4.78 is 26.5. The highest BCUT2D eigenvalue weighted by atomic mass is 19.1. The summed E-state index contributed by atoms with van der Waals surface area (Å²) in [6, 6.07) is 4.26. The molecule has 18 heavy (non-hydrogen) atoms. The van der Waals surface area contributed by atoms with E-state index in [9.17, 15) is 13.9 Å². The van der Waals surface area contributed by atoms with Crippen LogP contribution < -0.4 is 5.32 Å². The molecule has 2 heterocycles. The summed E-state index contributed by atoms with van der Waals surface area (Å²) in [5, 5.41) is 14.0. The predicted octanol–water partition coefficient (Wildman–Crippen LogP) is 2.15. The minimum absolute atomic E-state index is 0.272. The highest BCUT2D eigenvalue weighted by molar-refractivity contribution is 5.21. The number of fused-ring (bicyclic) bond motifs is 2. The molecule has 2 aliphatic rings. The highest BCUT2D eigenvalue weighted by Crippen LogP contribution is 2.36. The normalized spacial score (nSPS) is 34.8. The molecule has 98 valence electrons. The lowest BCUT2D eigenvalue weighted by Gasteiger charge is -2.37. The molecular weight excluding hydrogens is 236 g/mol. The molecule has 4 heteroatoms. The molecule has 2 N–H and O–H groups in total. The molecule has 1 aromatic carbocycles. The lowest BCUT2D eigenvalue weighted by molar-refractivity contribution is -0.00675. The van der Waals surface area contributed by atoms with Gasteiger partial charge in [0, 0.05) is 24.6 Å². The molecule has 2 bridgehead atoms. The van der Waals surface area contributed by atoms with Crippen molar-refractivity contribution in [2.45, 2.75) is 49.8 Å². The first-order valence-corrected chi connectivity index (χ1v) is 6.46. The van der Waals surface area contributed by atoms with Crippen LogP contribution in [0.3, 0.4) is 0 Å². The molecule has 0 spiro atoms. The van der Waals surface area contributed by atoms with E-state index >= 15 is 0 Å². The van der Waals surface area contributed by atoms with Crippen LogP contribution in [-0.4, -0.2) is 22.8 Å². The maximum absolute atomic E-state index is 13.6. The molecule has 2 aliphatic heterocycles. The number of benzene rings is 1. The van der Waals surface area contributed by atoms with E-state index in [-0.39, 0.29) is 6.42 Å². The second-order valence-corrected chi connectivity index (χ2v) is 5.68. The topological polar surface area (TPSA) is 32.3 Å². The fourth-order valence-corrected chi connectivity index (χ4v) is 3.39. The molecule has 2 unspecified atom stereocenters.